The summed E-state index contributed by atoms with van der Waals surface area (Å²) in [6, 6.07) is 0. The summed E-state index contributed by atoms with van der Waals surface area (Å²) in [5.41, 5.74) is 0. The van der Waals surface area contributed by atoms with Crippen molar-refractivity contribution in [2.24, 2.45) is 5.92 Å². The Morgan fingerprint density at radius 2 is 2.30 bits per heavy atom. The summed E-state index contributed by atoms with van der Waals surface area (Å²) in [6.07, 6.45) is 0.446. The van der Waals surface area contributed by atoms with Gasteiger partial charge in [-0.2, -0.15) is 0 Å². The summed E-state index contributed by atoms with van der Waals surface area (Å²) in [5, 5.41) is 0. The highest BCUT2D eigenvalue weighted by atomic mass is 19.3. The summed E-state index contributed by atoms with van der Waals surface area (Å²) in [5.74, 6) is -3.03. The zero-order valence-electron chi connectivity index (χ0n) is 6.07. The number of rotatable bonds is 2. The molecule has 0 aromatic rings. The van der Waals surface area contributed by atoms with Gasteiger partial charge in [-0.15, -0.1) is 0 Å². The zero-order chi connectivity index (χ0) is 7.61. The van der Waals surface area contributed by atoms with Crippen molar-refractivity contribution in [3.05, 3.63) is 0 Å². The Morgan fingerprint density at radius 1 is 1.60 bits per heavy atom. The minimum absolute atomic E-state index is 0.0684. The van der Waals surface area contributed by atoms with E-state index < -0.39 is 11.8 Å². The molecule has 1 unspecified atom stereocenters. The highest BCUT2D eigenvalue weighted by Crippen LogP contribution is 2.33. The molecule has 0 aromatic carbocycles. The highest BCUT2D eigenvalue weighted by molar-refractivity contribution is 4.78. The quantitative estimate of drug-likeness (QED) is 0.585. The summed E-state index contributed by atoms with van der Waals surface area (Å²) in [7, 11) is 0. The van der Waals surface area contributed by atoms with Crippen molar-refractivity contribution in [2.75, 3.05) is 13.2 Å². The lowest BCUT2D eigenvalue weighted by Gasteiger charge is -2.19. The van der Waals surface area contributed by atoms with Crippen LogP contribution in [0.1, 0.15) is 19.8 Å². The van der Waals surface area contributed by atoms with Gasteiger partial charge in [0.2, 0.25) is 0 Å². The van der Waals surface area contributed by atoms with E-state index in [-0.39, 0.29) is 13.0 Å². The molecule has 10 heavy (non-hydrogen) atoms. The third kappa shape index (κ3) is 1.45. The molecular formula is C7H12F2O. The SMILES string of the molecule is CCC(F)(F)C1CCOC1. The molecule has 1 fully saturated rings. The van der Waals surface area contributed by atoms with E-state index in [1.807, 2.05) is 0 Å². The van der Waals surface area contributed by atoms with E-state index in [4.69, 9.17) is 4.74 Å². The van der Waals surface area contributed by atoms with Crippen molar-refractivity contribution in [3.63, 3.8) is 0 Å². The standard InChI is InChI=1S/C7H12F2O/c1-2-7(8,9)6-3-4-10-5-6/h6H,2-5H2,1H3. The van der Waals surface area contributed by atoms with Gasteiger partial charge in [0.25, 0.3) is 5.92 Å². The monoisotopic (exact) mass is 150 g/mol. The molecule has 0 aliphatic carbocycles. The van der Waals surface area contributed by atoms with Crippen LogP contribution >= 0.6 is 0 Å². The van der Waals surface area contributed by atoms with Gasteiger partial charge in [0.05, 0.1) is 6.61 Å². The second-order valence-corrected chi connectivity index (χ2v) is 2.68. The fourth-order valence-corrected chi connectivity index (χ4v) is 1.16. The fraction of sp³-hybridized carbons (Fsp3) is 1.00. The Balaban J connectivity index is 2.45. The molecule has 0 bridgehead atoms. The van der Waals surface area contributed by atoms with Crippen molar-refractivity contribution in [1.29, 1.82) is 0 Å². The molecule has 3 heteroatoms. The van der Waals surface area contributed by atoms with Crippen LogP contribution in [0.3, 0.4) is 0 Å². The topological polar surface area (TPSA) is 9.23 Å². The van der Waals surface area contributed by atoms with Gasteiger partial charge in [-0.05, 0) is 6.42 Å². The minimum atomic E-state index is -2.50. The molecule has 0 N–H and O–H groups in total. The van der Waals surface area contributed by atoms with Gasteiger partial charge in [-0.1, -0.05) is 6.92 Å². The molecule has 60 valence electrons. The van der Waals surface area contributed by atoms with E-state index in [1.54, 1.807) is 0 Å². The van der Waals surface area contributed by atoms with Gasteiger partial charge in [-0.25, -0.2) is 8.78 Å². The molecule has 0 amide bonds. The van der Waals surface area contributed by atoms with Gasteiger partial charge < -0.3 is 4.74 Å². The summed E-state index contributed by atoms with van der Waals surface area (Å²) in [4.78, 5) is 0. The zero-order valence-corrected chi connectivity index (χ0v) is 6.07. The van der Waals surface area contributed by atoms with Crippen LogP contribution in [-0.4, -0.2) is 19.1 Å². The first-order valence-corrected chi connectivity index (χ1v) is 3.62. The van der Waals surface area contributed by atoms with Crippen LogP contribution in [0.4, 0.5) is 8.78 Å². The molecule has 1 aliphatic heterocycles. The van der Waals surface area contributed by atoms with Crippen LogP contribution in [0, 0.1) is 5.92 Å². The number of hydrogen-bond acceptors (Lipinski definition) is 1. The Labute approximate surface area is 59.4 Å². The highest BCUT2D eigenvalue weighted by Gasteiger charge is 2.39. The second kappa shape index (κ2) is 2.82. The van der Waals surface area contributed by atoms with Crippen LogP contribution in [0.15, 0.2) is 0 Å². The van der Waals surface area contributed by atoms with Gasteiger partial charge in [0.15, 0.2) is 0 Å². The largest absolute Gasteiger partial charge is 0.381 e. The molecule has 1 heterocycles. The molecule has 0 spiro atoms. The minimum Gasteiger partial charge on any atom is -0.381 e. The number of halogens is 2. The third-order valence-electron chi connectivity index (χ3n) is 2.00. The fourth-order valence-electron chi connectivity index (χ4n) is 1.16. The molecule has 0 aromatic heterocycles. The predicted octanol–water partition coefficient (Wildman–Crippen LogP) is 2.07. The number of ether oxygens (including phenoxy) is 1. The summed E-state index contributed by atoms with van der Waals surface area (Å²) in [6.45, 7) is 2.25. The Morgan fingerprint density at radius 3 is 2.70 bits per heavy atom. The summed E-state index contributed by atoms with van der Waals surface area (Å²) < 4.78 is 30.4. The third-order valence-corrected chi connectivity index (χ3v) is 2.00. The van der Waals surface area contributed by atoms with Gasteiger partial charge in [-0.3, -0.25) is 0 Å². The second-order valence-electron chi connectivity index (χ2n) is 2.68. The van der Waals surface area contributed by atoms with E-state index >= 15 is 0 Å². The van der Waals surface area contributed by atoms with Crippen molar-refractivity contribution < 1.29 is 13.5 Å². The Kier molecular flexibility index (Phi) is 2.24. The average Bonchev–Trinajstić information content (AvgIpc) is 2.38. The van der Waals surface area contributed by atoms with Crippen molar-refractivity contribution >= 4 is 0 Å². The summed E-state index contributed by atoms with van der Waals surface area (Å²) >= 11 is 0. The molecule has 1 rings (SSSR count). The van der Waals surface area contributed by atoms with Gasteiger partial charge in [0, 0.05) is 18.9 Å². The lowest BCUT2D eigenvalue weighted by molar-refractivity contribution is -0.0623. The van der Waals surface area contributed by atoms with Gasteiger partial charge in [0.1, 0.15) is 0 Å². The molecule has 0 radical (unpaired) electrons. The van der Waals surface area contributed by atoms with E-state index in [0.29, 0.717) is 13.0 Å². The molecule has 1 saturated heterocycles. The normalized spacial score (nSPS) is 27.3. The lowest BCUT2D eigenvalue weighted by atomic mass is 9.99. The van der Waals surface area contributed by atoms with E-state index in [2.05, 4.69) is 0 Å². The van der Waals surface area contributed by atoms with Crippen molar-refractivity contribution in [1.82, 2.24) is 0 Å². The Bertz CT molecular complexity index is 108. The predicted molar refractivity (Wildman–Crippen MR) is 34.2 cm³/mol. The first kappa shape index (κ1) is 7.92. The van der Waals surface area contributed by atoms with E-state index in [1.165, 1.54) is 6.92 Å². The molecule has 1 atom stereocenters. The first-order valence-electron chi connectivity index (χ1n) is 3.62. The van der Waals surface area contributed by atoms with Crippen LogP contribution in [0.5, 0.6) is 0 Å². The number of alkyl halides is 2. The van der Waals surface area contributed by atoms with Gasteiger partial charge >= 0.3 is 0 Å². The van der Waals surface area contributed by atoms with Crippen molar-refractivity contribution in [3.8, 4) is 0 Å². The maximum Gasteiger partial charge on any atom is 0.252 e. The maximum atomic E-state index is 12.8. The smallest absolute Gasteiger partial charge is 0.252 e. The van der Waals surface area contributed by atoms with E-state index in [9.17, 15) is 8.78 Å². The maximum absolute atomic E-state index is 12.8. The van der Waals surface area contributed by atoms with Crippen molar-refractivity contribution in [2.45, 2.75) is 25.7 Å². The van der Waals surface area contributed by atoms with Crippen LogP contribution in [0.25, 0.3) is 0 Å². The molecular weight excluding hydrogens is 138 g/mol. The van der Waals surface area contributed by atoms with E-state index in [0.717, 1.165) is 0 Å². The molecule has 1 nitrogen and oxygen atoms in total. The van der Waals surface area contributed by atoms with Crippen LogP contribution in [0.2, 0.25) is 0 Å². The van der Waals surface area contributed by atoms with Crippen LogP contribution in [-0.2, 0) is 4.74 Å². The average molecular weight is 150 g/mol. The molecule has 1 aliphatic rings. The lowest BCUT2D eigenvalue weighted by Crippen LogP contribution is -2.27. The first-order chi connectivity index (χ1) is 4.67. The molecule has 0 saturated carbocycles. The Hall–Kier alpha value is -0.180. The number of hydrogen-bond donors (Lipinski definition) is 0. The van der Waals surface area contributed by atoms with Crippen LogP contribution < -0.4 is 0 Å².